The van der Waals surface area contributed by atoms with Crippen molar-refractivity contribution in [1.82, 2.24) is 20.0 Å². The van der Waals surface area contributed by atoms with Gasteiger partial charge in [-0.1, -0.05) is 6.92 Å². The Morgan fingerprint density at radius 2 is 1.73 bits per heavy atom. The third-order valence-corrected chi connectivity index (χ3v) is 5.31. The van der Waals surface area contributed by atoms with Crippen molar-refractivity contribution in [1.29, 1.82) is 0 Å². The normalized spacial score (nSPS) is 21.2. The Labute approximate surface area is 175 Å². The summed E-state index contributed by atoms with van der Waals surface area (Å²) >= 11 is 0. The largest absolute Gasteiger partial charge is 0.450 e. The molecule has 1 unspecified atom stereocenters. The highest BCUT2D eigenvalue weighted by Crippen LogP contribution is 2.17. The Hall–Kier alpha value is -0.770. The number of amides is 1. The van der Waals surface area contributed by atoms with Gasteiger partial charge in [0.2, 0.25) is 0 Å². The van der Waals surface area contributed by atoms with Crippen molar-refractivity contribution in [3.63, 3.8) is 0 Å². The third kappa shape index (κ3) is 6.75. The van der Waals surface area contributed by atoms with Gasteiger partial charge in [0.1, 0.15) is 0 Å². The molecule has 0 aliphatic carbocycles. The summed E-state index contributed by atoms with van der Waals surface area (Å²) < 4.78 is 5.07. The molecular formula is C18H36IN5O2. The molecule has 1 atom stereocenters. The number of hydrogen-bond donors (Lipinski definition) is 1. The van der Waals surface area contributed by atoms with E-state index < -0.39 is 0 Å². The summed E-state index contributed by atoms with van der Waals surface area (Å²) in [5, 5.41) is 3.52. The minimum atomic E-state index is -0.210. The highest BCUT2D eigenvalue weighted by atomic mass is 127. The molecule has 152 valence electrons. The number of aliphatic imine (C=N–C) groups is 1. The maximum absolute atomic E-state index is 11.8. The van der Waals surface area contributed by atoms with E-state index in [1.54, 1.807) is 4.90 Å². The maximum atomic E-state index is 11.8. The molecule has 8 heteroatoms. The number of piperidine rings is 1. The molecule has 2 rings (SSSR count). The quantitative estimate of drug-likeness (QED) is 0.379. The first-order valence-electron chi connectivity index (χ1n) is 9.66. The van der Waals surface area contributed by atoms with Gasteiger partial charge >= 0.3 is 6.09 Å². The fraction of sp³-hybridized carbons (Fsp3) is 0.889. The molecule has 1 N–H and O–H groups in total. The summed E-state index contributed by atoms with van der Waals surface area (Å²) in [7, 11) is 1.83. The van der Waals surface area contributed by atoms with Crippen molar-refractivity contribution in [2.24, 2.45) is 10.9 Å². The molecule has 2 aliphatic heterocycles. The number of guanidine groups is 1. The Bertz CT molecular complexity index is 447. The van der Waals surface area contributed by atoms with Gasteiger partial charge in [0, 0.05) is 45.8 Å². The average molecular weight is 481 g/mol. The van der Waals surface area contributed by atoms with E-state index in [2.05, 4.69) is 34.0 Å². The smallest absolute Gasteiger partial charge is 0.409 e. The molecule has 0 spiro atoms. The summed E-state index contributed by atoms with van der Waals surface area (Å²) in [6.07, 6.45) is 2.39. The van der Waals surface area contributed by atoms with Gasteiger partial charge in [-0.25, -0.2) is 4.79 Å². The van der Waals surface area contributed by atoms with Crippen LogP contribution in [0, 0.1) is 5.92 Å². The van der Waals surface area contributed by atoms with Gasteiger partial charge in [0.05, 0.1) is 6.61 Å². The lowest BCUT2D eigenvalue weighted by molar-refractivity contribution is 0.0912. The number of halogens is 1. The van der Waals surface area contributed by atoms with Crippen molar-refractivity contribution in [3.8, 4) is 0 Å². The van der Waals surface area contributed by atoms with Crippen molar-refractivity contribution >= 4 is 36.0 Å². The predicted octanol–water partition coefficient (Wildman–Crippen LogP) is 2.07. The molecule has 2 aliphatic rings. The van der Waals surface area contributed by atoms with Gasteiger partial charge < -0.3 is 19.9 Å². The zero-order chi connectivity index (χ0) is 18.2. The SMILES string of the molecule is CCOC(=O)N1CCN(C(=NC)NCC(C)N2CCC(C)CC2)CC1.I. The fourth-order valence-electron chi connectivity index (χ4n) is 3.49. The summed E-state index contributed by atoms with van der Waals surface area (Å²) in [4.78, 5) is 22.8. The van der Waals surface area contributed by atoms with Crippen LogP contribution in [0.2, 0.25) is 0 Å². The third-order valence-electron chi connectivity index (χ3n) is 5.31. The first-order chi connectivity index (χ1) is 12.0. The number of likely N-dealkylation sites (tertiary alicyclic amines) is 1. The first-order valence-corrected chi connectivity index (χ1v) is 9.66. The molecule has 0 aromatic heterocycles. The number of nitrogens with zero attached hydrogens (tertiary/aromatic N) is 4. The van der Waals surface area contributed by atoms with Crippen molar-refractivity contribution in [2.75, 3.05) is 59.5 Å². The molecule has 7 nitrogen and oxygen atoms in total. The molecular weight excluding hydrogens is 445 g/mol. The van der Waals surface area contributed by atoms with Crippen LogP contribution in [0.1, 0.15) is 33.6 Å². The predicted molar refractivity (Wildman–Crippen MR) is 116 cm³/mol. The summed E-state index contributed by atoms with van der Waals surface area (Å²) in [6.45, 7) is 13.1. The van der Waals surface area contributed by atoms with Crippen LogP contribution in [0.4, 0.5) is 4.79 Å². The van der Waals surface area contributed by atoms with Gasteiger partial charge in [-0.3, -0.25) is 9.89 Å². The van der Waals surface area contributed by atoms with Crippen LogP contribution in [0.15, 0.2) is 4.99 Å². The number of carbonyl (C=O) groups excluding carboxylic acids is 1. The maximum Gasteiger partial charge on any atom is 0.409 e. The molecule has 1 amide bonds. The van der Waals surface area contributed by atoms with Crippen LogP contribution in [-0.2, 0) is 4.74 Å². The second kappa shape index (κ2) is 11.8. The lowest BCUT2D eigenvalue weighted by Crippen LogP contribution is -2.55. The number of carbonyl (C=O) groups is 1. The molecule has 0 bridgehead atoms. The highest BCUT2D eigenvalue weighted by molar-refractivity contribution is 14.0. The number of nitrogens with one attached hydrogen (secondary N) is 1. The van der Waals surface area contributed by atoms with Crippen LogP contribution >= 0.6 is 24.0 Å². The number of ether oxygens (including phenoxy) is 1. The second-order valence-corrected chi connectivity index (χ2v) is 7.17. The summed E-state index contributed by atoms with van der Waals surface area (Å²) in [5.41, 5.74) is 0. The topological polar surface area (TPSA) is 60.4 Å². The number of hydrogen-bond acceptors (Lipinski definition) is 4. The Morgan fingerprint density at radius 3 is 2.27 bits per heavy atom. The van der Waals surface area contributed by atoms with Crippen LogP contribution < -0.4 is 5.32 Å². The van der Waals surface area contributed by atoms with Gasteiger partial charge in [-0.05, 0) is 45.7 Å². The lowest BCUT2D eigenvalue weighted by Gasteiger charge is -2.38. The van der Waals surface area contributed by atoms with Gasteiger partial charge in [-0.2, -0.15) is 0 Å². The van der Waals surface area contributed by atoms with Crippen molar-refractivity contribution in [2.45, 2.75) is 39.7 Å². The van der Waals surface area contributed by atoms with E-state index in [0.717, 1.165) is 31.5 Å². The van der Waals surface area contributed by atoms with E-state index in [1.807, 2.05) is 14.0 Å². The zero-order valence-electron chi connectivity index (χ0n) is 16.7. The van der Waals surface area contributed by atoms with Crippen LogP contribution in [0.3, 0.4) is 0 Å². The molecule has 0 saturated carbocycles. The Morgan fingerprint density at radius 1 is 1.15 bits per heavy atom. The van der Waals surface area contributed by atoms with Crippen LogP contribution in [0.5, 0.6) is 0 Å². The second-order valence-electron chi connectivity index (χ2n) is 7.17. The summed E-state index contributed by atoms with van der Waals surface area (Å²) in [6, 6.07) is 0.505. The fourth-order valence-corrected chi connectivity index (χ4v) is 3.49. The van der Waals surface area contributed by atoms with Gasteiger partial charge in [-0.15, -0.1) is 24.0 Å². The van der Waals surface area contributed by atoms with E-state index in [-0.39, 0.29) is 30.1 Å². The average Bonchev–Trinajstić information content (AvgIpc) is 2.63. The molecule has 2 heterocycles. The minimum absolute atomic E-state index is 0. The van der Waals surface area contributed by atoms with E-state index in [0.29, 0.717) is 25.7 Å². The van der Waals surface area contributed by atoms with Crippen LogP contribution in [-0.4, -0.2) is 92.3 Å². The van der Waals surface area contributed by atoms with E-state index >= 15 is 0 Å². The van der Waals surface area contributed by atoms with Crippen molar-refractivity contribution < 1.29 is 9.53 Å². The van der Waals surface area contributed by atoms with Gasteiger partial charge in [0.25, 0.3) is 0 Å². The molecule has 26 heavy (non-hydrogen) atoms. The highest BCUT2D eigenvalue weighted by Gasteiger charge is 2.25. The van der Waals surface area contributed by atoms with Crippen LogP contribution in [0.25, 0.3) is 0 Å². The van der Waals surface area contributed by atoms with E-state index in [1.165, 1.54) is 25.9 Å². The molecule has 0 aromatic carbocycles. The Balaban J connectivity index is 0.00000338. The monoisotopic (exact) mass is 481 g/mol. The number of rotatable bonds is 4. The first kappa shape index (κ1) is 23.3. The summed E-state index contributed by atoms with van der Waals surface area (Å²) in [5.74, 6) is 1.79. The van der Waals surface area contributed by atoms with Crippen molar-refractivity contribution in [3.05, 3.63) is 0 Å². The van der Waals surface area contributed by atoms with E-state index in [9.17, 15) is 4.79 Å². The molecule has 0 aromatic rings. The molecule has 0 radical (unpaired) electrons. The lowest BCUT2D eigenvalue weighted by atomic mass is 9.98. The van der Waals surface area contributed by atoms with E-state index in [4.69, 9.17) is 4.74 Å². The Kier molecular flexibility index (Phi) is 10.6. The molecule has 2 saturated heterocycles. The standard InChI is InChI=1S/C18H35N5O2.HI/c1-5-25-18(24)23-12-10-22(11-13-23)17(19-4)20-14-16(3)21-8-6-15(2)7-9-21;/h15-16H,5-14H2,1-4H3,(H,19,20);1H. The van der Waals surface area contributed by atoms with Gasteiger partial charge in [0.15, 0.2) is 5.96 Å². The molecule has 2 fully saturated rings. The zero-order valence-corrected chi connectivity index (χ0v) is 19.1. The minimum Gasteiger partial charge on any atom is -0.450 e. The number of piperazine rings is 1.